The number of hydrogen-bond acceptors (Lipinski definition) is 3. The first kappa shape index (κ1) is 11.9. The van der Waals surface area contributed by atoms with Crippen LogP contribution in [0.2, 0.25) is 0 Å². The smallest absolute Gasteiger partial charge is 0.122 e. The maximum atomic E-state index is 9.44. The van der Waals surface area contributed by atoms with E-state index in [0.29, 0.717) is 5.92 Å². The Bertz CT molecular complexity index is 279. The Kier molecular flexibility index (Phi) is 3.51. The largest absolute Gasteiger partial charge is 0.301 e. The maximum Gasteiger partial charge on any atom is 0.122 e. The van der Waals surface area contributed by atoms with Crippen molar-refractivity contribution in [3.8, 4) is 6.07 Å². The molecule has 3 nitrogen and oxygen atoms in total. The van der Waals surface area contributed by atoms with Gasteiger partial charge in [0.2, 0.25) is 0 Å². The minimum Gasteiger partial charge on any atom is -0.301 e. The van der Waals surface area contributed by atoms with E-state index in [4.69, 9.17) is 0 Å². The van der Waals surface area contributed by atoms with Crippen molar-refractivity contribution < 1.29 is 0 Å². The molecule has 1 saturated heterocycles. The zero-order valence-electron chi connectivity index (χ0n) is 10.5. The van der Waals surface area contributed by atoms with Crippen molar-refractivity contribution in [1.82, 2.24) is 10.2 Å². The number of likely N-dealkylation sites (tertiary alicyclic amines) is 1. The van der Waals surface area contributed by atoms with Gasteiger partial charge < -0.3 is 10.2 Å². The fraction of sp³-hybridized carbons (Fsp3) is 0.923. The van der Waals surface area contributed by atoms with Crippen molar-refractivity contribution in [2.75, 3.05) is 26.7 Å². The molecule has 2 atom stereocenters. The lowest BCUT2D eigenvalue weighted by atomic mass is 9.92. The Balaban J connectivity index is 1.97. The first-order valence-corrected chi connectivity index (χ1v) is 6.52. The highest BCUT2D eigenvalue weighted by atomic mass is 15.2. The van der Waals surface area contributed by atoms with E-state index in [2.05, 4.69) is 23.2 Å². The van der Waals surface area contributed by atoms with Crippen LogP contribution in [0.25, 0.3) is 0 Å². The van der Waals surface area contributed by atoms with E-state index < -0.39 is 0 Å². The van der Waals surface area contributed by atoms with Gasteiger partial charge in [0, 0.05) is 13.1 Å². The number of nitrogens with one attached hydrogen (secondary N) is 1. The molecule has 1 saturated carbocycles. The molecule has 1 N–H and O–H groups in total. The van der Waals surface area contributed by atoms with Crippen LogP contribution < -0.4 is 5.32 Å². The van der Waals surface area contributed by atoms with Crippen LogP contribution >= 0.6 is 0 Å². The van der Waals surface area contributed by atoms with Crippen molar-refractivity contribution in [2.45, 2.75) is 38.1 Å². The highest BCUT2D eigenvalue weighted by Crippen LogP contribution is 2.40. The minimum atomic E-state index is -0.281. The second-order valence-corrected chi connectivity index (χ2v) is 5.59. The molecule has 2 aliphatic rings. The monoisotopic (exact) mass is 221 g/mol. The number of hydrogen-bond donors (Lipinski definition) is 1. The van der Waals surface area contributed by atoms with E-state index in [-0.39, 0.29) is 5.54 Å². The van der Waals surface area contributed by atoms with Gasteiger partial charge in [-0.2, -0.15) is 5.26 Å². The molecular formula is C13H23N3. The minimum absolute atomic E-state index is 0.281. The summed E-state index contributed by atoms with van der Waals surface area (Å²) in [5.74, 6) is 1.38. The van der Waals surface area contributed by atoms with Crippen LogP contribution in [0.1, 0.15) is 32.6 Å². The highest BCUT2D eigenvalue weighted by molar-refractivity contribution is 5.16. The fourth-order valence-corrected chi connectivity index (χ4v) is 2.95. The average Bonchev–Trinajstić information content (AvgIpc) is 3.10. The molecule has 3 heteroatoms. The number of rotatable bonds is 4. The number of piperidine rings is 1. The van der Waals surface area contributed by atoms with Crippen LogP contribution in [-0.4, -0.2) is 37.1 Å². The molecule has 16 heavy (non-hydrogen) atoms. The molecule has 2 fully saturated rings. The zero-order chi connectivity index (χ0) is 11.6. The van der Waals surface area contributed by atoms with E-state index in [1.165, 1.54) is 32.2 Å². The first-order chi connectivity index (χ1) is 7.70. The second-order valence-electron chi connectivity index (χ2n) is 5.59. The lowest BCUT2D eigenvalue weighted by Gasteiger charge is -2.37. The Labute approximate surface area is 98.8 Å². The predicted octanol–water partition coefficient (Wildman–Crippen LogP) is 1.61. The van der Waals surface area contributed by atoms with Gasteiger partial charge >= 0.3 is 0 Å². The molecule has 1 aliphatic heterocycles. The normalized spacial score (nSPS) is 30.7. The third-order valence-corrected chi connectivity index (χ3v) is 4.13. The molecule has 0 aromatic carbocycles. The van der Waals surface area contributed by atoms with Gasteiger partial charge in [-0.25, -0.2) is 0 Å². The van der Waals surface area contributed by atoms with Gasteiger partial charge in [-0.1, -0.05) is 6.92 Å². The van der Waals surface area contributed by atoms with E-state index in [9.17, 15) is 5.26 Å². The quantitative estimate of drug-likeness (QED) is 0.784. The molecule has 1 aliphatic carbocycles. The molecular weight excluding hydrogens is 198 g/mol. The van der Waals surface area contributed by atoms with Crippen LogP contribution in [0.5, 0.6) is 0 Å². The van der Waals surface area contributed by atoms with Crippen molar-refractivity contribution >= 4 is 0 Å². The van der Waals surface area contributed by atoms with Gasteiger partial charge in [0.15, 0.2) is 0 Å². The summed E-state index contributed by atoms with van der Waals surface area (Å²) in [4.78, 5) is 2.48. The van der Waals surface area contributed by atoms with Crippen molar-refractivity contribution in [2.24, 2.45) is 11.8 Å². The summed E-state index contributed by atoms with van der Waals surface area (Å²) in [6.07, 6.45) is 5.08. The second kappa shape index (κ2) is 4.73. The molecule has 0 aromatic heterocycles. The fourth-order valence-electron chi connectivity index (χ4n) is 2.95. The summed E-state index contributed by atoms with van der Waals surface area (Å²) in [5.41, 5.74) is -0.281. The van der Waals surface area contributed by atoms with E-state index in [1.54, 1.807) is 0 Å². The Morgan fingerprint density at radius 1 is 1.44 bits per heavy atom. The topological polar surface area (TPSA) is 39.1 Å². The van der Waals surface area contributed by atoms with Crippen molar-refractivity contribution in [3.63, 3.8) is 0 Å². The van der Waals surface area contributed by atoms with Gasteiger partial charge in [0.1, 0.15) is 5.54 Å². The molecule has 0 spiro atoms. The summed E-state index contributed by atoms with van der Waals surface area (Å²) in [5, 5.41) is 12.7. The Morgan fingerprint density at radius 2 is 2.19 bits per heavy atom. The lowest BCUT2D eigenvalue weighted by Crippen LogP contribution is -2.54. The predicted molar refractivity (Wildman–Crippen MR) is 65.0 cm³/mol. The molecule has 90 valence electrons. The first-order valence-electron chi connectivity index (χ1n) is 6.52. The average molecular weight is 221 g/mol. The number of nitriles is 1. The highest BCUT2D eigenvalue weighted by Gasteiger charge is 2.45. The van der Waals surface area contributed by atoms with Crippen LogP contribution in [-0.2, 0) is 0 Å². The number of likely N-dealkylation sites (N-methyl/N-ethyl adjacent to an activating group) is 1. The summed E-state index contributed by atoms with van der Waals surface area (Å²) in [6.45, 7) is 5.56. The van der Waals surface area contributed by atoms with Crippen LogP contribution in [0, 0.1) is 23.2 Å². The molecule has 2 unspecified atom stereocenters. The van der Waals surface area contributed by atoms with E-state index in [1.807, 2.05) is 7.05 Å². The summed E-state index contributed by atoms with van der Waals surface area (Å²) >= 11 is 0. The van der Waals surface area contributed by atoms with Gasteiger partial charge in [0.05, 0.1) is 6.07 Å². The van der Waals surface area contributed by atoms with Gasteiger partial charge in [0.25, 0.3) is 0 Å². The third-order valence-electron chi connectivity index (χ3n) is 4.13. The van der Waals surface area contributed by atoms with Crippen LogP contribution in [0.15, 0.2) is 0 Å². The SMILES string of the molecule is CNC(C#N)(CN1CCCC(C)C1)C1CC1. The summed E-state index contributed by atoms with van der Waals surface area (Å²) < 4.78 is 0. The van der Waals surface area contributed by atoms with Gasteiger partial charge in [-0.15, -0.1) is 0 Å². The Hall–Kier alpha value is -0.590. The standard InChI is InChI=1S/C13H23N3/c1-11-4-3-7-16(8-11)10-13(9-14,15-2)12-5-6-12/h11-12,15H,3-8,10H2,1-2H3. The Morgan fingerprint density at radius 3 is 2.69 bits per heavy atom. The molecule has 0 radical (unpaired) electrons. The zero-order valence-corrected chi connectivity index (χ0v) is 10.5. The molecule has 1 heterocycles. The molecule has 0 bridgehead atoms. The number of nitrogens with zero attached hydrogens (tertiary/aromatic N) is 2. The van der Waals surface area contributed by atoms with Crippen molar-refractivity contribution in [1.29, 1.82) is 5.26 Å². The lowest BCUT2D eigenvalue weighted by molar-refractivity contribution is 0.143. The molecule has 0 aromatic rings. The maximum absolute atomic E-state index is 9.44. The van der Waals surface area contributed by atoms with Gasteiger partial charge in [-0.05, 0) is 51.1 Å². The van der Waals surface area contributed by atoms with E-state index in [0.717, 1.165) is 19.0 Å². The van der Waals surface area contributed by atoms with E-state index >= 15 is 0 Å². The molecule has 0 amide bonds. The van der Waals surface area contributed by atoms with Crippen molar-refractivity contribution in [3.05, 3.63) is 0 Å². The van der Waals surface area contributed by atoms with Crippen LogP contribution in [0.4, 0.5) is 0 Å². The van der Waals surface area contributed by atoms with Crippen LogP contribution in [0.3, 0.4) is 0 Å². The summed E-state index contributed by atoms with van der Waals surface area (Å²) in [7, 11) is 1.94. The van der Waals surface area contributed by atoms with Gasteiger partial charge in [-0.3, -0.25) is 0 Å². The summed E-state index contributed by atoms with van der Waals surface area (Å²) in [6, 6.07) is 2.54. The molecule has 2 rings (SSSR count). The third kappa shape index (κ3) is 2.39.